The number of para-hydroxylation sites is 3. The Morgan fingerprint density at radius 2 is 1.39 bits per heavy atom. The summed E-state index contributed by atoms with van der Waals surface area (Å²) in [5, 5.41) is 2.52. The average Bonchev–Trinajstić information content (AvgIpc) is 3.07. The Kier molecular flexibility index (Phi) is 5.16. The van der Waals surface area contributed by atoms with Gasteiger partial charge < -0.3 is 9.30 Å². The molecule has 0 aliphatic carbocycles. The molecule has 1 aromatic heterocycles. The Balaban J connectivity index is 1.64. The highest BCUT2D eigenvalue weighted by Gasteiger charge is 2.23. The summed E-state index contributed by atoms with van der Waals surface area (Å²) in [5.74, 6) is 0.236. The minimum absolute atomic E-state index is 0.176. The molecule has 2 atom stereocenters. The van der Waals surface area contributed by atoms with E-state index in [1.807, 2.05) is 37.3 Å². The molecule has 0 saturated carbocycles. The fourth-order valence-corrected chi connectivity index (χ4v) is 4.01. The number of benzene rings is 3. The maximum absolute atomic E-state index is 12.6. The standard InChI is InChI=1S/C25H25NO2/c1-3-19(17-18(2)25(27)28-20-11-5-4-6-12-20)26-23-15-9-7-13-21(23)22-14-8-10-16-24(22)26/h4-16,18-19H,3,17H2,1-2H3. The second-order valence-electron chi connectivity index (χ2n) is 7.34. The zero-order valence-corrected chi connectivity index (χ0v) is 16.3. The summed E-state index contributed by atoms with van der Waals surface area (Å²) in [6.45, 7) is 4.14. The number of aromatic nitrogens is 1. The van der Waals surface area contributed by atoms with E-state index in [0.29, 0.717) is 5.75 Å². The maximum atomic E-state index is 12.6. The fraction of sp³-hybridized carbons (Fsp3) is 0.240. The monoisotopic (exact) mass is 371 g/mol. The van der Waals surface area contributed by atoms with Crippen LogP contribution >= 0.6 is 0 Å². The van der Waals surface area contributed by atoms with Crippen molar-refractivity contribution in [3.8, 4) is 5.75 Å². The highest BCUT2D eigenvalue weighted by molar-refractivity contribution is 6.08. The van der Waals surface area contributed by atoms with Crippen LogP contribution in [0.1, 0.15) is 32.7 Å². The number of carbonyl (C=O) groups excluding carboxylic acids is 1. The molecule has 3 aromatic carbocycles. The van der Waals surface area contributed by atoms with Crippen LogP contribution in [0.15, 0.2) is 78.9 Å². The van der Waals surface area contributed by atoms with E-state index in [4.69, 9.17) is 4.74 Å². The van der Waals surface area contributed by atoms with Crippen molar-refractivity contribution in [2.45, 2.75) is 32.7 Å². The number of ether oxygens (including phenoxy) is 1. The molecule has 0 aliphatic rings. The van der Waals surface area contributed by atoms with Gasteiger partial charge in [0, 0.05) is 27.8 Å². The van der Waals surface area contributed by atoms with E-state index in [2.05, 4.69) is 60.0 Å². The molecule has 2 unspecified atom stereocenters. The smallest absolute Gasteiger partial charge is 0.314 e. The van der Waals surface area contributed by atoms with Crippen LogP contribution < -0.4 is 4.74 Å². The van der Waals surface area contributed by atoms with Crippen LogP contribution in [0, 0.1) is 5.92 Å². The van der Waals surface area contributed by atoms with Gasteiger partial charge in [-0.3, -0.25) is 4.79 Å². The molecule has 0 saturated heterocycles. The third kappa shape index (κ3) is 3.40. The number of hydrogen-bond donors (Lipinski definition) is 0. The number of fused-ring (bicyclic) bond motifs is 3. The van der Waals surface area contributed by atoms with Gasteiger partial charge in [-0.1, -0.05) is 68.4 Å². The lowest BCUT2D eigenvalue weighted by molar-refractivity contribution is -0.138. The van der Waals surface area contributed by atoms with E-state index >= 15 is 0 Å². The van der Waals surface area contributed by atoms with Crippen LogP contribution in [0.25, 0.3) is 21.8 Å². The first-order valence-electron chi connectivity index (χ1n) is 9.93. The Morgan fingerprint density at radius 1 is 0.857 bits per heavy atom. The predicted octanol–water partition coefficient (Wildman–Crippen LogP) is 6.38. The molecule has 1 heterocycles. The van der Waals surface area contributed by atoms with Crippen molar-refractivity contribution in [3.05, 3.63) is 78.9 Å². The topological polar surface area (TPSA) is 31.2 Å². The van der Waals surface area contributed by atoms with Gasteiger partial charge in [-0.2, -0.15) is 0 Å². The van der Waals surface area contributed by atoms with Gasteiger partial charge in [-0.05, 0) is 37.1 Å². The summed E-state index contributed by atoms with van der Waals surface area (Å²) in [6, 6.07) is 26.5. The molecule has 3 heteroatoms. The van der Waals surface area contributed by atoms with Crippen LogP contribution in [-0.2, 0) is 4.79 Å². The van der Waals surface area contributed by atoms with Crippen LogP contribution in [0.2, 0.25) is 0 Å². The van der Waals surface area contributed by atoms with Gasteiger partial charge in [0.15, 0.2) is 0 Å². The molecule has 0 N–H and O–H groups in total. The van der Waals surface area contributed by atoms with Crippen molar-refractivity contribution in [2.75, 3.05) is 0 Å². The Morgan fingerprint density at radius 3 is 1.96 bits per heavy atom. The van der Waals surface area contributed by atoms with E-state index in [-0.39, 0.29) is 17.9 Å². The predicted molar refractivity (Wildman–Crippen MR) is 115 cm³/mol. The van der Waals surface area contributed by atoms with Crippen molar-refractivity contribution in [1.82, 2.24) is 4.57 Å². The van der Waals surface area contributed by atoms with E-state index in [9.17, 15) is 4.79 Å². The molecule has 4 aromatic rings. The number of hydrogen-bond acceptors (Lipinski definition) is 2. The molecule has 0 amide bonds. The van der Waals surface area contributed by atoms with Gasteiger partial charge in [0.1, 0.15) is 5.75 Å². The number of nitrogens with zero attached hydrogens (tertiary/aromatic N) is 1. The molecule has 0 radical (unpaired) electrons. The molecular formula is C25H25NO2. The van der Waals surface area contributed by atoms with Gasteiger partial charge in [0.2, 0.25) is 0 Å². The van der Waals surface area contributed by atoms with Crippen LogP contribution in [0.3, 0.4) is 0 Å². The third-order valence-corrected chi connectivity index (χ3v) is 5.44. The Hall–Kier alpha value is -3.07. The van der Waals surface area contributed by atoms with Crippen molar-refractivity contribution < 1.29 is 9.53 Å². The first kappa shape index (κ1) is 18.3. The van der Waals surface area contributed by atoms with Crippen LogP contribution in [0.5, 0.6) is 5.75 Å². The largest absolute Gasteiger partial charge is 0.426 e. The van der Waals surface area contributed by atoms with Gasteiger partial charge in [-0.15, -0.1) is 0 Å². The van der Waals surface area contributed by atoms with Crippen LogP contribution in [-0.4, -0.2) is 10.5 Å². The minimum atomic E-state index is -0.190. The lowest BCUT2D eigenvalue weighted by Crippen LogP contribution is -2.22. The van der Waals surface area contributed by atoms with Gasteiger partial charge >= 0.3 is 5.97 Å². The second-order valence-corrected chi connectivity index (χ2v) is 7.34. The highest BCUT2D eigenvalue weighted by Crippen LogP contribution is 2.35. The zero-order valence-electron chi connectivity index (χ0n) is 16.3. The quantitative estimate of drug-likeness (QED) is 0.291. The van der Waals surface area contributed by atoms with Crippen molar-refractivity contribution in [1.29, 1.82) is 0 Å². The van der Waals surface area contributed by atoms with E-state index in [0.717, 1.165) is 12.8 Å². The second kappa shape index (κ2) is 7.89. The lowest BCUT2D eigenvalue weighted by Gasteiger charge is -2.23. The Labute approximate surface area is 165 Å². The van der Waals surface area contributed by atoms with E-state index in [1.165, 1.54) is 21.8 Å². The summed E-state index contributed by atoms with van der Waals surface area (Å²) >= 11 is 0. The normalized spacial score (nSPS) is 13.5. The summed E-state index contributed by atoms with van der Waals surface area (Å²) in [4.78, 5) is 12.6. The SMILES string of the molecule is CCC(CC(C)C(=O)Oc1ccccc1)n1c2ccccc2c2ccccc21. The maximum Gasteiger partial charge on any atom is 0.314 e. The summed E-state index contributed by atoms with van der Waals surface area (Å²) < 4.78 is 7.97. The van der Waals surface area contributed by atoms with Crippen molar-refractivity contribution in [2.24, 2.45) is 5.92 Å². The van der Waals surface area contributed by atoms with Crippen molar-refractivity contribution >= 4 is 27.8 Å². The minimum Gasteiger partial charge on any atom is -0.426 e. The number of carbonyl (C=O) groups is 1. The molecule has 28 heavy (non-hydrogen) atoms. The molecule has 4 rings (SSSR count). The number of rotatable bonds is 6. The first-order valence-corrected chi connectivity index (χ1v) is 9.93. The van der Waals surface area contributed by atoms with Gasteiger partial charge in [0.25, 0.3) is 0 Å². The molecule has 0 fully saturated rings. The summed E-state index contributed by atoms with van der Waals surface area (Å²) in [5.41, 5.74) is 2.44. The summed E-state index contributed by atoms with van der Waals surface area (Å²) in [6.07, 6.45) is 1.69. The molecule has 142 valence electrons. The van der Waals surface area contributed by atoms with Crippen LogP contribution in [0.4, 0.5) is 0 Å². The average molecular weight is 371 g/mol. The van der Waals surface area contributed by atoms with Gasteiger partial charge in [0.05, 0.1) is 5.92 Å². The Bertz CT molecular complexity index is 1040. The molecule has 0 bridgehead atoms. The van der Waals surface area contributed by atoms with Crippen molar-refractivity contribution in [3.63, 3.8) is 0 Å². The molecule has 0 spiro atoms. The van der Waals surface area contributed by atoms with E-state index in [1.54, 1.807) is 0 Å². The molecular weight excluding hydrogens is 346 g/mol. The highest BCUT2D eigenvalue weighted by atomic mass is 16.5. The summed E-state index contributed by atoms with van der Waals surface area (Å²) in [7, 11) is 0. The fourth-order valence-electron chi connectivity index (χ4n) is 4.01. The molecule has 0 aliphatic heterocycles. The van der Waals surface area contributed by atoms with E-state index < -0.39 is 0 Å². The first-order chi connectivity index (χ1) is 13.7. The lowest BCUT2D eigenvalue weighted by atomic mass is 9.99. The molecule has 3 nitrogen and oxygen atoms in total. The van der Waals surface area contributed by atoms with Gasteiger partial charge in [-0.25, -0.2) is 0 Å². The zero-order chi connectivity index (χ0) is 19.5. The number of esters is 1. The third-order valence-electron chi connectivity index (χ3n) is 5.44.